The van der Waals surface area contributed by atoms with Crippen LogP contribution in [0.5, 0.6) is 0 Å². The molecule has 28 heavy (non-hydrogen) atoms. The molecule has 0 aliphatic carbocycles. The molecule has 0 radical (unpaired) electrons. The summed E-state index contributed by atoms with van der Waals surface area (Å²) in [6.45, 7) is 9.34. The number of piperazine rings is 1. The molecule has 1 aliphatic rings. The van der Waals surface area contributed by atoms with Gasteiger partial charge in [0.05, 0.1) is 5.75 Å². The minimum absolute atomic E-state index is 0.0240. The minimum Gasteiger partial charge on any atom is -0.355 e. The van der Waals surface area contributed by atoms with E-state index in [1.54, 1.807) is 6.07 Å². The van der Waals surface area contributed by atoms with E-state index in [9.17, 15) is 9.59 Å². The van der Waals surface area contributed by atoms with Crippen molar-refractivity contribution in [1.82, 2.24) is 25.5 Å². The lowest BCUT2D eigenvalue weighted by Crippen LogP contribution is -2.56. The van der Waals surface area contributed by atoms with Gasteiger partial charge in [-0.25, -0.2) is 14.8 Å². The van der Waals surface area contributed by atoms with Crippen LogP contribution in [-0.2, 0) is 4.79 Å². The van der Waals surface area contributed by atoms with Crippen molar-refractivity contribution in [2.75, 3.05) is 43.4 Å². The van der Waals surface area contributed by atoms with Crippen LogP contribution in [0.25, 0.3) is 0 Å². The Kier molecular flexibility index (Phi) is 9.11. The summed E-state index contributed by atoms with van der Waals surface area (Å²) in [4.78, 5) is 36.8. The van der Waals surface area contributed by atoms with Gasteiger partial charge in [0, 0.05) is 44.8 Å². The Balaban J connectivity index is 1.97. The number of nitrogens with one attached hydrogen (secondary N) is 2. The van der Waals surface area contributed by atoms with Gasteiger partial charge in [0.1, 0.15) is 11.0 Å². The molecule has 8 nitrogen and oxygen atoms in total. The summed E-state index contributed by atoms with van der Waals surface area (Å²) in [5.41, 5.74) is 0. The van der Waals surface area contributed by atoms with Crippen LogP contribution in [0.2, 0.25) is 5.15 Å². The first kappa shape index (κ1) is 22.5. The third-order valence-corrected chi connectivity index (χ3v) is 5.34. The first-order valence-corrected chi connectivity index (χ1v) is 11.0. The van der Waals surface area contributed by atoms with E-state index in [1.807, 2.05) is 25.7 Å². The van der Waals surface area contributed by atoms with Crippen LogP contribution < -0.4 is 15.5 Å². The number of hydrogen-bond acceptors (Lipinski definition) is 6. The highest BCUT2D eigenvalue weighted by Crippen LogP contribution is 2.24. The number of anilines is 1. The molecule has 1 aromatic heterocycles. The summed E-state index contributed by atoms with van der Waals surface area (Å²) >= 11 is 7.44. The van der Waals surface area contributed by atoms with Gasteiger partial charge in [0.25, 0.3) is 0 Å². The molecule has 0 spiro atoms. The fourth-order valence-electron chi connectivity index (χ4n) is 2.86. The van der Waals surface area contributed by atoms with Crippen LogP contribution in [0.15, 0.2) is 11.2 Å². The second-order valence-corrected chi connectivity index (χ2v) is 8.02. The van der Waals surface area contributed by atoms with Gasteiger partial charge >= 0.3 is 6.03 Å². The molecule has 156 valence electrons. The number of hydrogen-bond donors (Lipinski definition) is 2. The van der Waals surface area contributed by atoms with Crippen molar-refractivity contribution in [3.8, 4) is 0 Å². The molecule has 1 aliphatic heterocycles. The lowest BCUT2D eigenvalue weighted by atomic mass is 10.2. The summed E-state index contributed by atoms with van der Waals surface area (Å²) in [5.74, 6) is 0.927. The third-order valence-electron chi connectivity index (χ3n) is 4.30. The maximum absolute atomic E-state index is 12.3. The molecule has 2 N–H and O–H groups in total. The molecule has 1 fully saturated rings. The van der Waals surface area contributed by atoms with E-state index in [0.29, 0.717) is 43.0 Å². The molecule has 10 heteroatoms. The largest absolute Gasteiger partial charge is 0.355 e. The van der Waals surface area contributed by atoms with Gasteiger partial charge < -0.3 is 20.4 Å². The van der Waals surface area contributed by atoms with Crippen LogP contribution in [-0.4, -0.2) is 71.3 Å². The van der Waals surface area contributed by atoms with Crippen LogP contribution in [0.3, 0.4) is 0 Å². The van der Waals surface area contributed by atoms with Gasteiger partial charge in [-0.15, -0.1) is 0 Å². The lowest BCUT2D eigenvalue weighted by Gasteiger charge is -2.40. The monoisotopic (exact) mass is 428 g/mol. The maximum atomic E-state index is 12.3. The van der Waals surface area contributed by atoms with Crippen molar-refractivity contribution in [2.45, 2.75) is 44.8 Å². The molecule has 1 saturated heterocycles. The number of urea groups is 1. The van der Waals surface area contributed by atoms with E-state index in [0.717, 1.165) is 18.7 Å². The first-order valence-electron chi connectivity index (χ1n) is 9.68. The average molecular weight is 429 g/mol. The van der Waals surface area contributed by atoms with Crippen molar-refractivity contribution in [3.63, 3.8) is 0 Å². The minimum atomic E-state index is -0.0442. The van der Waals surface area contributed by atoms with E-state index in [4.69, 9.17) is 11.6 Å². The Hall–Kier alpha value is -1.74. The second-order valence-electron chi connectivity index (χ2n) is 6.69. The third kappa shape index (κ3) is 6.70. The number of halogens is 1. The van der Waals surface area contributed by atoms with Gasteiger partial charge in [-0.05, 0) is 19.8 Å². The van der Waals surface area contributed by atoms with E-state index >= 15 is 0 Å². The van der Waals surface area contributed by atoms with Crippen molar-refractivity contribution < 1.29 is 9.59 Å². The smallest absolute Gasteiger partial charge is 0.317 e. The first-order chi connectivity index (χ1) is 13.4. The predicted octanol–water partition coefficient (Wildman–Crippen LogP) is 2.38. The van der Waals surface area contributed by atoms with Crippen molar-refractivity contribution in [3.05, 3.63) is 11.2 Å². The Morgan fingerprint density at radius 3 is 2.61 bits per heavy atom. The van der Waals surface area contributed by atoms with Crippen molar-refractivity contribution in [2.24, 2.45) is 0 Å². The lowest BCUT2D eigenvalue weighted by molar-refractivity contribution is -0.118. The Morgan fingerprint density at radius 1 is 1.21 bits per heavy atom. The van der Waals surface area contributed by atoms with Gasteiger partial charge in [-0.2, -0.15) is 0 Å². The number of nitrogens with zero attached hydrogens (tertiary/aromatic N) is 4. The molecule has 3 amide bonds. The molecule has 1 unspecified atom stereocenters. The molecule has 1 atom stereocenters. The number of thioether (sulfide) groups is 1. The SMILES string of the molecule is CCCNC(=O)CSc1nc(Cl)cc(N2CCN(C(=O)NCCC)C(C)C2)n1. The molecule has 1 aromatic rings. The van der Waals surface area contributed by atoms with Gasteiger partial charge in [0.15, 0.2) is 5.16 Å². The highest BCUT2D eigenvalue weighted by Gasteiger charge is 2.28. The zero-order chi connectivity index (χ0) is 20.5. The molecular weight excluding hydrogens is 400 g/mol. The van der Waals surface area contributed by atoms with Crippen LogP contribution in [0.1, 0.15) is 33.6 Å². The van der Waals surface area contributed by atoms with Crippen molar-refractivity contribution in [1.29, 1.82) is 0 Å². The average Bonchev–Trinajstić information content (AvgIpc) is 2.68. The number of aromatic nitrogens is 2. The van der Waals surface area contributed by atoms with Crippen molar-refractivity contribution >= 4 is 41.1 Å². The van der Waals surface area contributed by atoms with E-state index < -0.39 is 0 Å². The van der Waals surface area contributed by atoms with Gasteiger partial charge in [0.2, 0.25) is 5.91 Å². The zero-order valence-electron chi connectivity index (χ0n) is 16.7. The fraction of sp³-hybridized carbons (Fsp3) is 0.667. The zero-order valence-corrected chi connectivity index (χ0v) is 18.3. The van der Waals surface area contributed by atoms with Crippen LogP contribution in [0, 0.1) is 0 Å². The van der Waals surface area contributed by atoms with E-state index in [2.05, 4.69) is 25.5 Å². The normalized spacial score (nSPS) is 16.8. The summed E-state index contributed by atoms with van der Waals surface area (Å²) in [7, 11) is 0. The summed E-state index contributed by atoms with van der Waals surface area (Å²) in [5, 5.41) is 6.58. The second kappa shape index (κ2) is 11.3. The number of rotatable bonds is 8. The van der Waals surface area contributed by atoms with E-state index in [-0.39, 0.29) is 23.7 Å². The van der Waals surface area contributed by atoms with Gasteiger partial charge in [-0.1, -0.05) is 37.2 Å². The summed E-state index contributed by atoms with van der Waals surface area (Å²) < 4.78 is 0. The molecule has 2 rings (SSSR count). The van der Waals surface area contributed by atoms with Crippen LogP contribution >= 0.6 is 23.4 Å². The number of amides is 3. The Bertz CT molecular complexity index is 677. The molecule has 0 bridgehead atoms. The highest BCUT2D eigenvalue weighted by atomic mass is 35.5. The topological polar surface area (TPSA) is 90.5 Å². The molecule has 0 saturated carbocycles. The summed E-state index contributed by atoms with van der Waals surface area (Å²) in [6, 6.07) is 1.75. The fourth-order valence-corrected chi connectivity index (χ4v) is 3.77. The number of carbonyl (C=O) groups excluding carboxylic acids is 2. The Labute approximate surface area is 175 Å². The molecular formula is C18H29ClN6O2S. The highest BCUT2D eigenvalue weighted by molar-refractivity contribution is 7.99. The molecule has 0 aromatic carbocycles. The van der Waals surface area contributed by atoms with E-state index in [1.165, 1.54) is 11.8 Å². The maximum Gasteiger partial charge on any atom is 0.317 e. The number of carbonyl (C=O) groups is 2. The molecule has 2 heterocycles. The standard InChI is InChI=1S/C18H29ClN6O2S/c1-4-6-20-16(26)12-28-17-22-14(19)10-15(23-17)24-8-9-25(13(3)11-24)18(27)21-7-5-2/h10,13H,4-9,11-12H2,1-3H3,(H,20,26)(H,21,27). The Morgan fingerprint density at radius 2 is 1.93 bits per heavy atom. The van der Waals surface area contributed by atoms with Crippen LogP contribution in [0.4, 0.5) is 10.6 Å². The summed E-state index contributed by atoms with van der Waals surface area (Å²) in [6.07, 6.45) is 1.81. The predicted molar refractivity (Wildman–Crippen MR) is 113 cm³/mol. The quantitative estimate of drug-likeness (QED) is 0.375. The van der Waals surface area contributed by atoms with Gasteiger partial charge in [-0.3, -0.25) is 4.79 Å².